The molecule has 55 heavy (non-hydrogen) atoms. The second kappa shape index (κ2) is 20.5. The van der Waals surface area contributed by atoms with Crippen molar-refractivity contribution >= 4 is 53.2 Å². The van der Waals surface area contributed by atoms with Gasteiger partial charge in [0.05, 0.1) is 0 Å². The molecule has 4 aliphatic rings. The summed E-state index contributed by atoms with van der Waals surface area (Å²) >= 11 is 1.36. The first kappa shape index (κ1) is 47.2. The fourth-order valence-corrected chi connectivity index (χ4v) is 10.5. The van der Waals surface area contributed by atoms with Crippen LogP contribution in [-0.2, 0) is 28.8 Å². The van der Waals surface area contributed by atoms with Crippen molar-refractivity contribution in [2.24, 2.45) is 17.8 Å². The Morgan fingerprint density at radius 2 is 1.15 bits per heavy atom. The van der Waals surface area contributed by atoms with E-state index in [0.717, 1.165) is 17.8 Å². The predicted molar refractivity (Wildman–Crippen MR) is 245 cm³/mol. The normalized spacial score (nSPS) is 20.8. The first-order valence-electron chi connectivity index (χ1n) is 19.6. The van der Waals surface area contributed by atoms with Crippen LogP contribution in [0.4, 0.5) is 0 Å². The van der Waals surface area contributed by atoms with Gasteiger partial charge in [-0.05, 0) is 102 Å². The third-order valence-corrected chi connectivity index (χ3v) is 12.7. The van der Waals surface area contributed by atoms with E-state index in [2.05, 4.69) is 151 Å². The number of benzene rings is 4. The van der Waals surface area contributed by atoms with Gasteiger partial charge in [0, 0.05) is 0 Å². The summed E-state index contributed by atoms with van der Waals surface area (Å²) in [5.74, 6) is 4.27. The second-order valence-electron chi connectivity index (χ2n) is 16.7. The van der Waals surface area contributed by atoms with Crippen LogP contribution < -0.4 is 0 Å². The van der Waals surface area contributed by atoms with E-state index in [1.165, 1.54) is 135 Å². The Labute approximate surface area is 363 Å². The third-order valence-electron chi connectivity index (χ3n) is 12.7. The van der Waals surface area contributed by atoms with Gasteiger partial charge in [-0.15, -0.1) is 93.9 Å². The quantitative estimate of drug-likeness (QED) is 0.111. The molecule has 0 N–H and O–H groups in total. The molecule has 4 aliphatic carbocycles. The van der Waals surface area contributed by atoms with Gasteiger partial charge in [-0.2, -0.15) is 12.1 Å². The third kappa shape index (κ3) is 9.91. The molecule has 292 valence electrons. The van der Waals surface area contributed by atoms with E-state index in [1.807, 2.05) is 0 Å². The van der Waals surface area contributed by atoms with Crippen molar-refractivity contribution in [1.82, 2.24) is 0 Å². The molecule has 0 saturated heterocycles. The summed E-state index contributed by atoms with van der Waals surface area (Å²) in [6, 6.07) is 41.6. The van der Waals surface area contributed by atoms with Crippen LogP contribution in [0.25, 0.3) is 43.8 Å². The Morgan fingerprint density at radius 3 is 1.64 bits per heavy atom. The Bertz CT molecular complexity index is 2050. The SMILES string of the molecule is CCCC(C)c1cc2c(-c3ccc(C(C)C)cc3)cccc2[cH-]1.Cc1cc2c(-c3ccc(C45CC6CC(CC(C6)C4)C5)cc3)cccc2[cH-]1.Cl.Cl.[CH3-].[CH3-].[Si]=[Zr]. The van der Waals surface area contributed by atoms with E-state index in [0.29, 0.717) is 17.3 Å². The van der Waals surface area contributed by atoms with Gasteiger partial charge in [0.25, 0.3) is 0 Å². The minimum absolute atomic E-state index is 0. The van der Waals surface area contributed by atoms with Crippen LogP contribution in [0.5, 0.6) is 0 Å². The molecule has 4 bridgehead atoms. The van der Waals surface area contributed by atoms with Crippen molar-refractivity contribution in [2.75, 3.05) is 0 Å². The molecular weight excluding hydrogens is 803 g/mol. The van der Waals surface area contributed by atoms with Gasteiger partial charge >= 0.3 is 30.2 Å². The molecule has 4 fully saturated rings. The summed E-state index contributed by atoms with van der Waals surface area (Å²) in [7, 11) is 0. The standard InChI is InChI=1S/C26H27.C23H27.2CH3.2ClH.Si.Zr/c1-17-9-22-3-2-4-24(25(22)10-17)21-5-7-23(8-6-21)26-14-18-11-19(15-26)13-20(12-18)16-26;1-5-7-17(4)21-14-20-8-6-9-22(23(20)15-21)19-12-10-18(11-13-19)16(2)3;;;;;;/h2-10,18-20H,11-16H2,1H3;6,8-17H,5,7H2,1-4H3;2*1H3;2*1H;;/q4*-1;;;;. The van der Waals surface area contributed by atoms with Gasteiger partial charge in [0.2, 0.25) is 0 Å². The summed E-state index contributed by atoms with van der Waals surface area (Å²) in [5.41, 5.74) is 11.8. The molecule has 4 heteroatoms. The number of hydrogen-bond donors (Lipinski definition) is 0. The summed E-state index contributed by atoms with van der Waals surface area (Å²) in [4.78, 5) is 0. The van der Waals surface area contributed by atoms with Gasteiger partial charge < -0.3 is 14.9 Å². The van der Waals surface area contributed by atoms with Crippen LogP contribution in [-0.4, -0.2) is 6.88 Å². The van der Waals surface area contributed by atoms with E-state index < -0.39 is 0 Å². The Kier molecular flexibility index (Phi) is 17.5. The number of aryl methyl sites for hydroxylation is 1. The molecule has 4 saturated carbocycles. The van der Waals surface area contributed by atoms with Crippen molar-refractivity contribution in [3.8, 4) is 22.3 Å². The maximum absolute atomic E-state index is 3.06. The van der Waals surface area contributed by atoms with Crippen LogP contribution in [0.3, 0.4) is 0 Å². The van der Waals surface area contributed by atoms with Gasteiger partial charge in [-0.1, -0.05) is 113 Å². The first-order valence-corrected chi connectivity index (χ1v) is 23.8. The van der Waals surface area contributed by atoms with Crippen LogP contribution in [0.2, 0.25) is 0 Å². The molecule has 0 aromatic heterocycles. The zero-order valence-corrected chi connectivity index (χ0v) is 39.3. The Balaban J connectivity index is 0.000000266. The first-order chi connectivity index (χ1) is 24.8. The topological polar surface area (TPSA) is 0 Å². The van der Waals surface area contributed by atoms with Crippen molar-refractivity contribution in [1.29, 1.82) is 0 Å². The zero-order valence-electron chi connectivity index (χ0n) is 34.3. The van der Waals surface area contributed by atoms with E-state index in [9.17, 15) is 0 Å². The van der Waals surface area contributed by atoms with Crippen LogP contribution in [0.15, 0.2) is 109 Å². The van der Waals surface area contributed by atoms with E-state index >= 15 is 0 Å². The van der Waals surface area contributed by atoms with Gasteiger partial charge in [-0.25, -0.2) is 0 Å². The molecule has 0 heterocycles. The molecule has 1 unspecified atom stereocenters. The average molecular weight is 865 g/mol. The molecule has 6 aromatic carbocycles. The van der Waals surface area contributed by atoms with Crippen molar-refractivity contribution in [3.63, 3.8) is 0 Å². The molecule has 1 atom stereocenters. The average Bonchev–Trinajstić information content (AvgIpc) is 3.76. The zero-order chi connectivity index (χ0) is 35.7. The van der Waals surface area contributed by atoms with Gasteiger partial charge in [0.15, 0.2) is 0 Å². The van der Waals surface area contributed by atoms with Crippen molar-refractivity contribution < 1.29 is 23.3 Å². The molecule has 0 aliphatic heterocycles. The molecule has 0 nitrogen and oxygen atoms in total. The fraction of sp³-hybridized carbons (Fsp3) is 0.373. The Hall–Kier alpha value is -2.22. The predicted octanol–water partition coefficient (Wildman–Crippen LogP) is 15.6. The summed E-state index contributed by atoms with van der Waals surface area (Å²) in [6.45, 7) is 14.4. The van der Waals surface area contributed by atoms with E-state index in [1.54, 1.807) is 5.56 Å². The maximum atomic E-state index is 3.06. The molecule has 10 rings (SSSR count). The second-order valence-corrected chi connectivity index (χ2v) is 16.7. The number of fused-ring (bicyclic) bond motifs is 2. The van der Waals surface area contributed by atoms with Crippen LogP contribution in [0, 0.1) is 39.5 Å². The minimum atomic E-state index is 0. The Morgan fingerprint density at radius 1 is 0.673 bits per heavy atom. The number of rotatable bonds is 7. The van der Waals surface area contributed by atoms with E-state index in [4.69, 9.17) is 0 Å². The molecule has 2 radical (unpaired) electrons. The van der Waals surface area contributed by atoms with Gasteiger partial charge in [0.1, 0.15) is 0 Å². The van der Waals surface area contributed by atoms with E-state index in [-0.39, 0.29) is 39.7 Å². The molecular formula is C51H62Cl2SiZr-4. The summed E-state index contributed by atoms with van der Waals surface area (Å²) < 4.78 is 0. The van der Waals surface area contributed by atoms with Crippen molar-refractivity contribution in [3.05, 3.63) is 146 Å². The van der Waals surface area contributed by atoms with Gasteiger partial charge in [-0.3, -0.25) is 0 Å². The number of halogens is 2. The molecule has 6 aromatic rings. The van der Waals surface area contributed by atoms with Crippen LogP contribution in [0.1, 0.15) is 113 Å². The monoisotopic (exact) mass is 862 g/mol. The fourth-order valence-electron chi connectivity index (χ4n) is 10.5. The molecule has 0 amide bonds. The number of hydrogen-bond acceptors (Lipinski definition) is 0. The summed E-state index contributed by atoms with van der Waals surface area (Å²) in [6.07, 6.45) is 11.4. The van der Waals surface area contributed by atoms with Crippen LogP contribution >= 0.6 is 24.8 Å². The van der Waals surface area contributed by atoms with Crippen molar-refractivity contribution in [2.45, 2.75) is 103 Å². The molecule has 0 spiro atoms. The summed E-state index contributed by atoms with van der Waals surface area (Å²) in [5, 5.41) is 5.52.